The van der Waals surface area contributed by atoms with E-state index in [0.29, 0.717) is 23.3 Å². The SMILES string of the molecule is CCNc1cc(Nc2cc(F)ccc2F)nc(SC)n1. The fraction of sp³-hybridized carbons (Fsp3) is 0.231. The maximum absolute atomic E-state index is 13.6. The number of thioether (sulfide) groups is 1. The number of aromatic nitrogens is 2. The van der Waals surface area contributed by atoms with Gasteiger partial charge in [-0.1, -0.05) is 11.8 Å². The van der Waals surface area contributed by atoms with Crippen LogP contribution in [0.5, 0.6) is 0 Å². The lowest BCUT2D eigenvalue weighted by Gasteiger charge is -2.10. The molecule has 4 nitrogen and oxygen atoms in total. The molecule has 1 aromatic carbocycles. The molecular weight excluding hydrogens is 282 g/mol. The van der Waals surface area contributed by atoms with Crippen molar-refractivity contribution in [3.05, 3.63) is 35.9 Å². The highest BCUT2D eigenvalue weighted by Gasteiger charge is 2.08. The molecule has 7 heteroatoms. The van der Waals surface area contributed by atoms with E-state index in [1.54, 1.807) is 6.07 Å². The minimum Gasteiger partial charge on any atom is -0.370 e. The molecule has 0 atom stereocenters. The lowest BCUT2D eigenvalue weighted by atomic mass is 10.3. The molecule has 0 aliphatic heterocycles. The van der Waals surface area contributed by atoms with Crippen molar-refractivity contribution in [2.45, 2.75) is 12.1 Å². The van der Waals surface area contributed by atoms with Crippen LogP contribution in [0.4, 0.5) is 26.1 Å². The van der Waals surface area contributed by atoms with E-state index in [4.69, 9.17) is 0 Å². The molecule has 2 aromatic rings. The van der Waals surface area contributed by atoms with Gasteiger partial charge in [0.05, 0.1) is 5.69 Å². The summed E-state index contributed by atoms with van der Waals surface area (Å²) < 4.78 is 26.7. The predicted octanol–water partition coefficient (Wildman–Crippen LogP) is 3.65. The number of anilines is 3. The Morgan fingerprint density at radius 3 is 2.60 bits per heavy atom. The summed E-state index contributed by atoms with van der Waals surface area (Å²) in [6.45, 7) is 2.65. The maximum Gasteiger partial charge on any atom is 0.191 e. The van der Waals surface area contributed by atoms with Gasteiger partial charge in [0.15, 0.2) is 5.16 Å². The second-order valence-corrected chi connectivity index (χ2v) is 4.68. The van der Waals surface area contributed by atoms with Crippen molar-refractivity contribution in [2.75, 3.05) is 23.4 Å². The standard InChI is InChI=1S/C13H14F2N4S/c1-3-16-11-7-12(19-13(18-11)20-2)17-10-6-8(14)4-5-9(10)15/h4-7H,3H2,1-2H3,(H2,16,17,18,19). The fourth-order valence-corrected chi connectivity index (χ4v) is 1.96. The number of rotatable bonds is 5. The molecule has 1 aromatic heterocycles. The first-order chi connectivity index (χ1) is 9.62. The van der Waals surface area contributed by atoms with Crippen molar-refractivity contribution in [1.29, 1.82) is 0 Å². The van der Waals surface area contributed by atoms with E-state index in [0.717, 1.165) is 18.2 Å². The highest BCUT2D eigenvalue weighted by molar-refractivity contribution is 7.98. The van der Waals surface area contributed by atoms with E-state index in [9.17, 15) is 8.78 Å². The second kappa shape index (κ2) is 6.51. The first kappa shape index (κ1) is 14.5. The molecule has 106 valence electrons. The summed E-state index contributed by atoms with van der Waals surface area (Å²) in [4.78, 5) is 8.47. The summed E-state index contributed by atoms with van der Waals surface area (Å²) in [5, 5.41) is 6.37. The zero-order chi connectivity index (χ0) is 14.5. The molecule has 2 N–H and O–H groups in total. The predicted molar refractivity (Wildman–Crippen MR) is 77.6 cm³/mol. The van der Waals surface area contributed by atoms with Crippen molar-refractivity contribution >= 4 is 29.1 Å². The Morgan fingerprint density at radius 2 is 1.90 bits per heavy atom. The van der Waals surface area contributed by atoms with Gasteiger partial charge in [0.1, 0.15) is 23.3 Å². The van der Waals surface area contributed by atoms with E-state index in [1.807, 2.05) is 13.2 Å². The molecule has 2 rings (SSSR count). The second-order valence-electron chi connectivity index (χ2n) is 3.90. The van der Waals surface area contributed by atoms with E-state index < -0.39 is 11.6 Å². The molecular formula is C13H14F2N4S. The number of hydrogen-bond acceptors (Lipinski definition) is 5. The molecule has 0 aliphatic rings. The average Bonchev–Trinajstić information content (AvgIpc) is 2.43. The zero-order valence-corrected chi connectivity index (χ0v) is 11.9. The van der Waals surface area contributed by atoms with Crippen LogP contribution in [0.3, 0.4) is 0 Å². The largest absolute Gasteiger partial charge is 0.370 e. The van der Waals surface area contributed by atoms with Crippen molar-refractivity contribution < 1.29 is 8.78 Å². The average molecular weight is 296 g/mol. The van der Waals surface area contributed by atoms with Crippen LogP contribution in [0.25, 0.3) is 0 Å². The third-order valence-corrected chi connectivity index (χ3v) is 2.98. The van der Waals surface area contributed by atoms with Gasteiger partial charge in [0, 0.05) is 18.7 Å². The number of hydrogen-bond donors (Lipinski definition) is 2. The van der Waals surface area contributed by atoms with Gasteiger partial charge in [-0.05, 0) is 25.3 Å². The van der Waals surface area contributed by atoms with Crippen molar-refractivity contribution in [3.8, 4) is 0 Å². The highest BCUT2D eigenvalue weighted by Crippen LogP contribution is 2.23. The summed E-state index contributed by atoms with van der Waals surface area (Å²) >= 11 is 1.37. The Morgan fingerprint density at radius 1 is 1.15 bits per heavy atom. The smallest absolute Gasteiger partial charge is 0.191 e. The summed E-state index contributed by atoms with van der Waals surface area (Å²) in [5.41, 5.74) is 0.0400. The quantitative estimate of drug-likeness (QED) is 0.651. The van der Waals surface area contributed by atoms with Gasteiger partial charge in [0.25, 0.3) is 0 Å². The molecule has 0 amide bonds. The van der Waals surface area contributed by atoms with Crippen LogP contribution in [-0.4, -0.2) is 22.8 Å². The molecule has 0 unspecified atom stereocenters. The van der Waals surface area contributed by atoms with Gasteiger partial charge in [-0.25, -0.2) is 18.7 Å². The molecule has 0 saturated carbocycles. The summed E-state index contributed by atoms with van der Waals surface area (Å²) in [6, 6.07) is 4.87. The molecule has 20 heavy (non-hydrogen) atoms. The molecule has 0 aliphatic carbocycles. The van der Waals surface area contributed by atoms with E-state index in [1.165, 1.54) is 11.8 Å². The van der Waals surface area contributed by atoms with Crippen molar-refractivity contribution in [1.82, 2.24) is 9.97 Å². The first-order valence-corrected chi connectivity index (χ1v) is 7.24. The van der Waals surface area contributed by atoms with Crippen molar-refractivity contribution in [3.63, 3.8) is 0 Å². The Labute approximate surface area is 120 Å². The fourth-order valence-electron chi connectivity index (χ4n) is 1.58. The van der Waals surface area contributed by atoms with Crippen LogP contribution in [0.1, 0.15) is 6.92 Å². The number of benzene rings is 1. The molecule has 0 spiro atoms. The summed E-state index contributed by atoms with van der Waals surface area (Å²) in [5.74, 6) is -0.0170. The number of nitrogens with one attached hydrogen (secondary N) is 2. The molecule has 0 bridgehead atoms. The van der Waals surface area contributed by atoms with Gasteiger partial charge in [-0.15, -0.1) is 0 Å². The van der Waals surface area contributed by atoms with Crippen LogP contribution >= 0.6 is 11.8 Å². The third kappa shape index (κ3) is 3.57. The first-order valence-electron chi connectivity index (χ1n) is 6.01. The van der Waals surface area contributed by atoms with Crippen LogP contribution < -0.4 is 10.6 Å². The lowest BCUT2D eigenvalue weighted by molar-refractivity contribution is 0.603. The minimum absolute atomic E-state index is 0.0400. The number of nitrogens with zero attached hydrogens (tertiary/aromatic N) is 2. The van der Waals surface area contributed by atoms with Gasteiger partial charge in [-0.2, -0.15) is 0 Å². The van der Waals surface area contributed by atoms with Crippen LogP contribution in [0, 0.1) is 11.6 Å². The van der Waals surface area contributed by atoms with Crippen LogP contribution in [0.15, 0.2) is 29.4 Å². The Bertz CT molecular complexity index is 607. The van der Waals surface area contributed by atoms with Gasteiger partial charge in [0.2, 0.25) is 0 Å². The minimum atomic E-state index is -0.541. The van der Waals surface area contributed by atoms with Gasteiger partial charge >= 0.3 is 0 Å². The Balaban J connectivity index is 2.32. The van der Waals surface area contributed by atoms with Crippen molar-refractivity contribution in [2.24, 2.45) is 0 Å². The zero-order valence-electron chi connectivity index (χ0n) is 11.1. The number of halogens is 2. The van der Waals surface area contributed by atoms with Gasteiger partial charge < -0.3 is 10.6 Å². The molecule has 1 heterocycles. The molecule has 0 radical (unpaired) electrons. The van der Waals surface area contributed by atoms with Gasteiger partial charge in [-0.3, -0.25) is 0 Å². The topological polar surface area (TPSA) is 49.8 Å². The maximum atomic E-state index is 13.6. The summed E-state index contributed by atoms with van der Waals surface area (Å²) in [6.07, 6.45) is 1.84. The Hall–Kier alpha value is -1.89. The lowest BCUT2D eigenvalue weighted by Crippen LogP contribution is -2.04. The Kier molecular flexibility index (Phi) is 4.73. The normalized spacial score (nSPS) is 10.4. The van der Waals surface area contributed by atoms with Crippen LogP contribution in [-0.2, 0) is 0 Å². The van der Waals surface area contributed by atoms with E-state index in [2.05, 4.69) is 20.6 Å². The summed E-state index contributed by atoms with van der Waals surface area (Å²) in [7, 11) is 0. The molecule has 0 saturated heterocycles. The third-order valence-electron chi connectivity index (χ3n) is 2.44. The highest BCUT2D eigenvalue weighted by atomic mass is 32.2. The van der Waals surface area contributed by atoms with E-state index >= 15 is 0 Å². The van der Waals surface area contributed by atoms with E-state index in [-0.39, 0.29) is 5.69 Å². The monoisotopic (exact) mass is 296 g/mol. The molecule has 0 fully saturated rings. The van der Waals surface area contributed by atoms with Crippen LogP contribution in [0.2, 0.25) is 0 Å².